The second-order valence-corrected chi connectivity index (χ2v) is 5.90. The summed E-state index contributed by atoms with van der Waals surface area (Å²) in [7, 11) is 0. The highest BCUT2D eigenvalue weighted by Gasteiger charge is 2.51. The molecule has 3 saturated carbocycles. The first kappa shape index (κ1) is 11.1. The lowest BCUT2D eigenvalue weighted by Crippen LogP contribution is -2.34. The molecule has 2 N–H and O–H groups in total. The summed E-state index contributed by atoms with van der Waals surface area (Å²) in [5.41, 5.74) is 0. The molecule has 0 bridgehead atoms. The first-order valence-electron chi connectivity index (χ1n) is 6.68. The van der Waals surface area contributed by atoms with E-state index in [2.05, 4.69) is 5.32 Å². The molecule has 0 radical (unpaired) electrons. The lowest BCUT2D eigenvalue weighted by Gasteiger charge is -2.12. The zero-order valence-corrected chi connectivity index (χ0v) is 9.89. The van der Waals surface area contributed by atoms with Gasteiger partial charge in [0.05, 0.1) is 5.92 Å². The highest BCUT2D eigenvalue weighted by Crippen LogP contribution is 2.54. The molecule has 4 heteroatoms. The number of aliphatic carboxylic acids is 1. The van der Waals surface area contributed by atoms with Gasteiger partial charge in [-0.15, -0.1) is 0 Å². The van der Waals surface area contributed by atoms with E-state index in [1.807, 2.05) is 0 Å². The largest absolute Gasteiger partial charge is 0.481 e. The summed E-state index contributed by atoms with van der Waals surface area (Å²) >= 11 is 0. The average molecular weight is 237 g/mol. The lowest BCUT2D eigenvalue weighted by atomic mass is 10.1. The number of carbonyl (C=O) groups is 2. The number of carboxylic acids is 1. The summed E-state index contributed by atoms with van der Waals surface area (Å²) in [6.07, 6.45) is 5.81. The first-order chi connectivity index (χ1) is 8.15. The maximum absolute atomic E-state index is 11.9. The molecular weight excluding hydrogens is 218 g/mol. The van der Waals surface area contributed by atoms with Gasteiger partial charge in [-0.3, -0.25) is 9.59 Å². The molecule has 0 unspecified atom stereocenters. The normalized spacial score (nSPS) is 40.0. The van der Waals surface area contributed by atoms with Gasteiger partial charge in [-0.25, -0.2) is 0 Å². The SMILES string of the molecule is O=C(O)[C@@H]1CC[C@H](NC(=O)[C@H]2C[C@H]2C2CC2)C1. The van der Waals surface area contributed by atoms with Crippen molar-refractivity contribution in [2.45, 2.75) is 44.6 Å². The lowest BCUT2D eigenvalue weighted by molar-refractivity contribution is -0.141. The maximum atomic E-state index is 11.9. The van der Waals surface area contributed by atoms with E-state index in [0.717, 1.165) is 18.8 Å². The fourth-order valence-corrected chi connectivity index (χ4v) is 3.21. The van der Waals surface area contributed by atoms with Gasteiger partial charge in [-0.05, 0) is 50.4 Å². The molecule has 0 aromatic heterocycles. The van der Waals surface area contributed by atoms with Crippen molar-refractivity contribution in [3.8, 4) is 0 Å². The molecule has 94 valence electrons. The summed E-state index contributed by atoms with van der Waals surface area (Å²) in [6.45, 7) is 0. The van der Waals surface area contributed by atoms with E-state index in [4.69, 9.17) is 5.11 Å². The van der Waals surface area contributed by atoms with E-state index in [9.17, 15) is 9.59 Å². The summed E-state index contributed by atoms with van der Waals surface area (Å²) in [5, 5.41) is 11.9. The van der Waals surface area contributed by atoms with Crippen LogP contribution in [0.15, 0.2) is 0 Å². The van der Waals surface area contributed by atoms with Crippen LogP contribution in [-0.4, -0.2) is 23.0 Å². The minimum Gasteiger partial charge on any atom is -0.481 e. The van der Waals surface area contributed by atoms with Crippen LogP contribution < -0.4 is 5.32 Å². The number of hydrogen-bond donors (Lipinski definition) is 2. The van der Waals surface area contributed by atoms with Gasteiger partial charge >= 0.3 is 5.97 Å². The molecule has 3 rings (SSSR count). The van der Waals surface area contributed by atoms with Gasteiger partial charge in [-0.1, -0.05) is 0 Å². The van der Waals surface area contributed by atoms with Crippen LogP contribution in [0, 0.1) is 23.7 Å². The third kappa shape index (κ3) is 2.31. The Morgan fingerprint density at radius 1 is 1.06 bits per heavy atom. The van der Waals surface area contributed by atoms with Crippen molar-refractivity contribution in [2.24, 2.45) is 23.7 Å². The van der Waals surface area contributed by atoms with Crippen molar-refractivity contribution < 1.29 is 14.7 Å². The highest BCUT2D eigenvalue weighted by molar-refractivity contribution is 5.82. The third-order valence-electron chi connectivity index (χ3n) is 4.53. The van der Waals surface area contributed by atoms with Gasteiger partial charge in [0.1, 0.15) is 0 Å². The molecule has 0 spiro atoms. The molecule has 0 heterocycles. The standard InChI is InChI=1S/C13H19NO3/c15-12(11-6-10(11)7-1-2-7)14-9-4-3-8(5-9)13(16)17/h7-11H,1-6H2,(H,14,15)(H,16,17)/t8-,9+,10+,11+/m1/s1. The van der Waals surface area contributed by atoms with Gasteiger partial charge in [-0.2, -0.15) is 0 Å². The zero-order chi connectivity index (χ0) is 12.0. The molecule has 4 nitrogen and oxygen atoms in total. The van der Waals surface area contributed by atoms with E-state index in [-0.39, 0.29) is 23.8 Å². The fourth-order valence-electron chi connectivity index (χ4n) is 3.21. The third-order valence-corrected chi connectivity index (χ3v) is 4.53. The van der Waals surface area contributed by atoms with Crippen LogP contribution in [0.4, 0.5) is 0 Å². The van der Waals surface area contributed by atoms with Crippen LogP contribution in [0.25, 0.3) is 0 Å². The van der Waals surface area contributed by atoms with E-state index >= 15 is 0 Å². The van der Waals surface area contributed by atoms with E-state index in [1.165, 1.54) is 12.8 Å². The van der Waals surface area contributed by atoms with E-state index < -0.39 is 5.97 Å². The zero-order valence-electron chi connectivity index (χ0n) is 9.89. The fraction of sp³-hybridized carbons (Fsp3) is 0.846. The first-order valence-corrected chi connectivity index (χ1v) is 6.68. The van der Waals surface area contributed by atoms with Crippen LogP contribution in [0.3, 0.4) is 0 Å². The number of hydrogen-bond acceptors (Lipinski definition) is 2. The van der Waals surface area contributed by atoms with Crippen molar-refractivity contribution >= 4 is 11.9 Å². The second-order valence-electron chi connectivity index (χ2n) is 5.90. The van der Waals surface area contributed by atoms with Crippen LogP contribution >= 0.6 is 0 Å². The number of rotatable bonds is 4. The summed E-state index contributed by atoms with van der Waals surface area (Å²) in [5.74, 6) is 0.917. The Kier molecular flexibility index (Phi) is 2.60. The van der Waals surface area contributed by atoms with Crippen LogP contribution in [0.2, 0.25) is 0 Å². The van der Waals surface area contributed by atoms with Gasteiger partial charge in [0.15, 0.2) is 0 Å². The topological polar surface area (TPSA) is 66.4 Å². The highest BCUT2D eigenvalue weighted by atomic mass is 16.4. The molecule has 0 aliphatic heterocycles. The molecule has 0 aromatic carbocycles. The Hall–Kier alpha value is -1.06. The minimum absolute atomic E-state index is 0.101. The molecule has 0 saturated heterocycles. The second kappa shape index (κ2) is 4.00. The van der Waals surface area contributed by atoms with E-state index in [0.29, 0.717) is 18.8 Å². The van der Waals surface area contributed by atoms with Crippen LogP contribution in [-0.2, 0) is 9.59 Å². The average Bonchev–Trinajstić information content (AvgIpc) is 3.15. The number of amides is 1. The van der Waals surface area contributed by atoms with Crippen molar-refractivity contribution in [3.05, 3.63) is 0 Å². The van der Waals surface area contributed by atoms with Gasteiger partial charge in [0.25, 0.3) is 0 Å². The van der Waals surface area contributed by atoms with Crippen molar-refractivity contribution in [1.29, 1.82) is 0 Å². The number of carbonyl (C=O) groups excluding carboxylic acids is 1. The minimum atomic E-state index is -0.718. The number of nitrogens with one attached hydrogen (secondary N) is 1. The van der Waals surface area contributed by atoms with Crippen molar-refractivity contribution in [1.82, 2.24) is 5.32 Å². The quantitative estimate of drug-likeness (QED) is 0.776. The molecule has 4 atom stereocenters. The Morgan fingerprint density at radius 2 is 1.82 bits per heavy atom. The van der Waals surface area contributed by atoms with Gasteiger partial charge in [0, 0.05) is 12.0 Å². The Balaban J connectivity index is 1.45. The van der Waals surface area contributed by atoms with Gasteiger partial charge < -0.3 is 10.4 Å². The summed E-state index contributed by atoms with van der Waals surface area (Å²) in [4.78, 5) is 22.7. The van der Waals surface area contributed by atoms with Crippen LogP contribution in [0.1, 0.15) is 38.5 Å². The van der Waals surface area contributed by atoms with Crippen molar-refractivity contribution in [2.75, 3.05) is 0 Å². The van der Waals surface area contributed by atoms with Gasteiger partial charge in [0.2, 0.25) is 5.91 Å². The Morgan fingerprint density at radius 3 is 2.41 bits per heavy atom. The maximum Gasteiger partial charge on any atom is 0.306 e. The predicted molar refractivity (Wildman–Crippen MR) is 61.2 cm³/mol. The van der Waals surface area contributed by atoms with E-state index in [1.54, 1.807) is 0 Å². The smallest absolute Gasteiger partial charge is 0.306 e. The summed E-state index contributed by atoms with van der Waals surface area (Å²) in [6, 6.07) is 0.101. The summed E-state index contributed by atoms with van der Waals surface area (Å²) < 4.78 is 0. The molecule has 17 heavy (non-hydrogen) atoms. The molecule has 1 amide bonds. The van der Waals surface area contributed by atoms with Crippen molar-refractivity contribution in [3.63, 3.8) is 0 Å². The van der Waals surface area contributed by atoms with Crippen LogP contribution in [0.5, 0.6) is 0 Å². The Labute approximate surface area is 101 Å². The molecule has 3 aliphatic rings. The molecule has 0 aromatic rings. The monoisotopic (exact) mass is 237 g/mol. The molecule has 3 fully saturated rings. The predicted octanol–water partition coefficient (Wildman–Crippen LogP) is 1.40. The number of carboxylic acid groups (broad SMARTS) is 1. The molecular formula is C13H19NO3. The Bertz CT molecular complexity index is 351. The molecule has 3 aliphatic carbocycles.